The summed E-state index contributed by atoms with van der Waals surface area (Å²) in [7, 11) is 4.22. The van der Waals surface area contributed by atoms with Crippen LogP contribution >= 0.6 is 0 Å². The Morgan fingerprint density at radius 3 is 2.42 bits per heavy atom. The number of H-pyrrole nitrogens is 2. The van der Waals surface area contributed by atoms with Gasteiger partial charge in [-0.3, -0.25) is 9.59 Å². The quantitative estimate of drug-likeness (QED) is 0.102. The molecule has 4 aromatic carbocycles. The molecule has 6 aromatic rings. The molecule has 1 unspecified atom stereocenters. The number of rotatable bonds is 11. The molecule has 5 atom stereocenters. The van der Waals surface area contributed by atoms with Gasteiger partial charge in [-0.1, -0.05) is 62.4 Å². The second-order valence-electron chi connectivity index (χ2n) is 17.1. The second-order valence-corrected chi connectivity index (χ2v) is 17.1. The Kier molecular flexibility index (Phi) is 11.7. The molecule has 3 aliphatic rings. The highest BCUT2D eigenvalue weighted by Gasteiger charge is 2.42. The van der Waals surface area contributed by atoms with E-state index < -0.39 is 24.3 Å². The van der Waals surface area contributed by atoms with E-state index in [9.17, 15) is 19.2 Å². The molecule has 16 heteroatoms. The molecule has 2 aromatic heterocycles. The molecule has 0 radical (unpaired) electrons. The molecule has 0 bridgehead atoms. The van der Waals surface area contributed by atoms with Crippen LogP contribution in [0.5, 0.6) is 5.75 Å². The molecule has 9 rings (SSSR count). The largest absolute Gasteiger partial charge is 0.488 e. The number of fused-ring (bicyclic) bond motifs is 6. The van der Waals surface area contributed by atoms with Crippen molar-refractivity contribution in [2.75, 3.05) is 41.0 Å². The standard InChI is InChI=1S/C48H52N8O8/c1-26(2)40(53-47(59)62-4)45(57)55-17-9-12-37(55)44-50-35-16-14-29-20-34-32-15-13-30(19-31(32)25-64-39(34)21-33(29)42(35)52-44)36-22-49-43(51-36)38-18-27(24-61-3)23-56(38)46(58)41(54-48(60)63-5)28-10-7-6-8-11-28/h6-8,10-11,13-16,19-22,26-27,37-38,40-41H,9,12,17-18,23-25H2,1-5H3,(H,49,51)(H,50,52)(H,53,59)(H,54,60)/t27-,37-,38-,40-,41?/m0/s1. The molecule has 64 heavy (non-hydrogen) atoms. The van der Waals surface area contributed by atoms with Crippen LogP contribution in [0.2, 0.25) is 0 Å². The van der Waals surface area contributed by atoms with Crippen molar-refractivity contribution in [3.8, 4) is 28.1 Å². The molecule has 0 saturated carbocycles. The van der Waals surface area contributed by atoms with Crippen molar-refractivity contribution >= 4 is 45.8 Å². The molecule has 332 valence electrons. The zero-order chi connectivity index (χ0) is 44.6. The van der Waals surface area contributed by atoms with Crippen molar-refractivity contribution in [3.05, 3.63) is 102 Å². The number of methoxy groups -OCH3 is 3. The zero-order valence-electron chi connectivity index (χ0n) is 36.5. The molecule has 16 nitrogen and oxygen atoms in total. The van der Waals surface area contributed by atoms with E-state index in [1.165, 1.54) is 14.2 Å². The molecule has 0 spiro atoms. The van der Waals surface area contributed by atoms with E-state index in [4.69, 9.17) is 28.9 Å². The van der Waals surface area contributed by atoms with Gasteiger partial charge >= 0.3 is 12.2 Å². The van der Waals surface area contributed by atoms with E-state index in [1.807, 2.05) is 55.1 Å². The number of aromatic amines is 2. The van der Waals surface area contributed by atoms with Gasteiger partial charge in [-0.05, 0) is 77.1 Å². The van der Waals surface area contributed by atoms with Crippen molar-refractivity contribution in [1.29, 1.82) is 0 Å². The Morgan fingerprint density at radius 2 is 1.66 bits per heavy atom. The van der Waals surface area contributed by atoms with Gasteiger partial charge in [0.2, 0.25) is 5.91 Å². The predicted octanol–water partition coefficient (Wildman–Crippen LogP) is 7.34. The van der Waals surface area contributed by atoms with Crippen LogP contribution in [0.4, 0.5) is 9.59 Å². The smallest absolute Gasteiger partial charge is 0.407 e. The minimum Gasteiger partial charge on any atom is -0.488 e. The number of nitrogens with zero attached hydrogens (tertiary/aromatic N) is 4. The van der Waals surface area contributed by atoms with Gasteiger partial charge in [-0.2, -0.15) is 0 Å². The number of alkyl carbamates (subject to hydrolysis) is 2. The van der Waals surface area contributed by atoms with E-state index >= 15 is 0 Å². The first-order chi connectivity index (χ1) is 31.0. The van der Waals surface area contributed by atoms with Crippen LogP contribution in [0, 0.1) is 11.8 Å². The number of hydrogen-bond acceptors (Lipinski definition) is 10. The van der Waals surface area contributed by atoms with E-state index in [0.717, 1.165) is 68.3 Å². The topological polar surface area (TPSA) is 193 Å². The summed E-state index contributed by atoms with van der Waals surface area (Å²) in [6, 6.07) is 21.4. The first kappa shape index (κ1) is 42.4. The average molecular weight is 869 g/mol. The van der Waals surface area contributed by atoms with Crippen molar-refractivity contribution in [2.24, 2.45) is 11.8 Å². The zero-order valence-corrected chi connectivity index (χ0v) is 36.5. The van der Waals surface area contributed by atoms with Crippen LogP contribution in [0.1, 0.15) is 74.0 Å². The van der Waals surface area contributed by atoms with Crippen LogP contribution < -0.4 is 15.4 Å². The Labute approximate surface area is 370 Å². The lowest BCUT2D eigenvalue weighted by molar-refractivity contribution is -0.136. The maximum atomic E-state index is 14.3. The number of amides is 4. The maximum Gasteiger partial charge on any atom is 0.407 e. The Bertz CT molecular complexity index is 2730. The van der Waals surface area contributed by atoms with Gasteiger partial charge in [0.25, 0.3) is 5.91 Å². The number of ether oxygens (including phenoxy) is 4. The van der Waals surface area contributed by atoms with Crippen molar-refractivity contribution in [1.82, 2.24) is 40.4 Å². The number of hydrogen-bond donors (Lipinski definition) is 4. The van der Waals surface area contributed by atoms with Crippen molar-refractivity contribution in [2.45, 2.75) is 63.9 Å². The molecular formula is C48H52N8O8. The molecule has 3 aliphatic heterocycles. The highest BCUT2D eigenvalue weighted by atomic mass is 16.5. The molecule has 0 aliphatic carbocycles. The fourth-order valence-electron chi connectivity index (χ4n) is 9.54. The van der Waals surface area contributed by atoms with Gasteiger partial charge in [-0.15, -0.1) is 0 Å². The third-order valence-electron chi connectivity index (χ3n) is 12.7. The monoisotopic (exact) mass is 868 g/mol. The maximum absolute atomic E-state index is 14.3. The van der Waals surface area contributed by atoms with E-state index in [1.54, 1.807) is 18.2 Å². The van der Waals surface area contributed by atoms with Crippen LogP contribution in [-0.2, 0) is 30.4 Å². The molecule has 2 fully saturated rings. The molecule has 4 N–H and O–H groups in total. The van der Waals surface area contributed by atoms with E-state index in [0.29, 0.717) is 49.9 Å². The average Bonchev–Trinajstić information content (AvgIpc) is 4.15. The highest BCUT2D eigenvalue weighted by Crippen LogP contribution is 2.44. The van der Waals surface area contributed by atoms with Gasteiger partial charge < -0.3 is 49.3 Å². The molecule has 4 amide bonds. The minimum atomic E-state index is -0.947. The number of nitrogens with one attached hydrogen (secondary N) is 4. The summed E-state index contributed by atoms with van der Waals surface area (Å²) in [5.74, 6) is 1.64. The van der Waals surface area contributed by atoms with Gasteiger partial charge in [0.15, 0.2) is 0 Å². The van der Waals surface area contributed by atoms with Gasteiger partial charge in [0, 0.05) is 37.1 Å². The van der Waals surface area contributed by atoms with E-state index in [2.05, 4.69) is 57.0 Å². The first-order valence-corrected chi connectivity index (χ1v) is 21.7. The van der Waals surface area contributed by atoms with Gasteiger partial charge in [0.1, 0.15) is 36.1 Å². The summed E-state index contributed by atoms with van der Waals surface area (Å²) >= 11 is 0. The Balaban J connectivity index is 0.968. The number of carbonyl (C=O) groups is 4. The Hall–Kier alpha value is -6.94. The summed E-state index contributed by atoms with van der Waals surface area (Å²) in [4.78, 5) is 73.1. The van der Waals surface area contributed by atoms with Crippen LogP contribution in [0.3, 0.4) is 0 Å². The fraction of sp³-hybridized carbons (Fsp3) is 0.375. The normalized spacial score (nSPS) is 18.9. The summed E-state index contributed by atoms with van der Waals surface area (Å²) in [5, 5.41) is 7.43. The lowest BCUT2D eigenvalue weighted by Crippen LogP contribution is -2.51. The summed E-state index contributed by atoms with van der Waals surface area (Å²) < 4.78 is 21.6. The van der Waals surface area contributed by atoms with Crippen LogP contribution in [0.15, 0.2) is 79.0 Å². The van der Waals surface area contributed by atoms with Crippen molar-refractivity contribution < 1.29 is 38.1 Å². The number of carbonyl (C=O) groups excluding carboxylic acids is 4. The van der Waals surface area contributed by atoms with E-state index in [-0.39, 0.29) is 35.7 Å². The SMILES string of the molecule is COC[C@H]1C[C@@H](c2ncc(-c3ccc4c(c3)COc3cc5c(ccc6nc([C@@H]7CCCN7C(=O)[C@@H](NC(=O)OC)C(C)C)[nH]c65)cc3-4)[nH]2)N(C(=O)C(NC(=O)OC)c2ccccc2)C1. The van der Waals surface area contributed by atoms with Gasteiger partial charge in [-0.25, -0.2) is 19.6 Å². The molecule has 2 saturated heterocycles. The lowest BCUT2D eigenvalue weighted by Gasteiger charge is -2.29. The third kappa shape index (κ3) is 7.97. The predicted molar refractivity (Wildman–Crippen MR) is 238 cm³/mol. The van der Waals surface area contributed by atoms with Crippen LogP contribution in [-0.4, -0.2) is 101 Å². The summed E-state index contributed by atoms with van der Waals surface area (Å²) in [6.45, 7) is 5.65. The summed E-state index contributed by atoms with van der Waals surface area (Å²) in [5.41, 5.74) is 7.11. The number of likely N-dealkylation sites (tertiary alicyclic amines) is 2. The number of benzene rings is 4. The Morgan fingerprint density at radius 1 is 0.859 bits per heavy atom. The minimum absolute atomic E-state index is 0.0692. The number of aromatic nitrogens is 4. The first-order valence-electron chi connectivity index (χ1n) is 21.7. The third-order valence-corrected chi connectivity index (χ3v) is 12.7. The highest BCUT2D eigenvalue weighted by molar-refractivity contribution is 6.07. The van der Waals surface area contributed by atoms with Crippen LogP contribution in [0.25, 0.3) is 44.2 Å². The van der Waals surface area contributed by atoms with Crippen molar-refractivity contribution in [3.63, 3.8) is 0 Å². The second kappa shape index (κ2) is 17.7. The fourth-order valence-corrected chi connectivity index (χ4v) is 9.54. The van der Waals surface area contributed by atoms with Gasteiger partial charge in [0.05, 0.1) is 55.8 Å². The molecular weight excluding hydrogens is 817 g/mol. The number of imidazole rings is 2. The lowest BCUT2D eigenvalue weighted by atomic mass is 9.92. The molecule has 5 heterocycles. The summed E-state index contributed by atoms with van der Waals surface area (Å²) in [6.07, 6.45) is 2.67.